The second-order valence-electron chi connectivity index (χ2n) is 4.64. The van der Waals surface area contributed by atoms with Crippen LogP contribution < -0.4 is 11.1 Å². The van der Waals surface area contributed by atoms with E-state index >= 15 is 0 Å². The lowest BCUT2D eigenvalue weighted by Gasteiger charge is -2.21. The van der Waals surface area contributed by atoms with Crippen LogP contribution in [-0.4, -0.2) is 23.5 Å². The van der Waals surface area contributed by atoms with Crippen molar-refractivity contribution in [3.63, 3.8) is 0 Å². The Labute approximate surface area is 113 Å². The third-order valence-electron chi connectivity index (χ3n) is 3.24. The molecule has 1 fully saturated rings. The van der Waals surface area contributed by atoms with Crippen molar-refractivity contribution in [2.75, 3.05) is 12.3 Å². The molecule has 1 aromatic rings. The molecule has 0 spiro atoms. The zero-order chi connectivity index (χ0) is 12.8. The van der Waals surface area contributed by atoms with Gasteiger partial charge in [-0.3, -0.25) is 4.79 Å². The van der Waals surface area contributed by atoms with Crippen LogP contribution >= 0.6 is 11.8 Å². The first kappa shape index (κ1) is 13.4. The molecule has 1 unspecified atom stereocenters. The van der Waals surface area contributed by atoms with Crippen molar-refractivity contribution >= 4 is 17.7 Å². The summed E-state index contributed by atoms with van der Waals surface area (Å²) in [7, 11) is 0. The number of nitrogens with two attached hydrogens (primary N) is 1. The molecule has 2 rings (SSSR count). The predicted molar refractivity (Wildman–Crippen MR) is 76.8 cm³/mol. The smallest absolute Gasteiger partial charge is 0.249 e. The van der Waals surface area contributed by atoms with E-state index in [0.29, 0.717) is 5.56 Å². The normalized spacial score (nSPS) is 19.7. The molecule has 1 saturated heterocycles. The van der Waals surface area contributed by atoms with Gasteiger partial charge in [-0.15, -0.1) is 0 Å². The summed E-state index contributed by atoms with van der Waals surface area (Å²) < 4.78 is 0. The molecule has 1 aliphatic heterocycles. The van der Waals surface area contributed by atoms with Crippen LogP contribution in [0.4, 0.5) is 0 Å². The van der Waals surface area contributed by atoms with Gasteiger partial charge in [-0.05, 0) is 30.2 Å². The quantitative estimate of drug-likeness (QED) is 0.857. The van der Waals surface area contributed by atoms with Gasteiger partial charge in [-0.25, -0.2) is 0 Å². The third kappa shape index (κ3) is 3.75. The van der Waals surface area contributed by atoms with E-state index in [9.17, 15) is 4.79 Å². The minimum Gasteiger partial charge on any atom is -0.366 e. The molecule has 0 bridgehead atoms. The molecule has 0 aliphatic carbocycles. The summed E-state index contributed by atoms with van der Waals surface area (Å²) in [5.74, 6) is 0.934. The number of amides is 1. The molecule has 1 heterocycles. The lowest BCUT2D eigenvalue weighted by atomic mass is 10.1. The molecule has 0 aromatic heterocycles. The van der Waals surface area contributed by atoms with E-state index in [1.54, 1.807) is 6.07 Å². The van der Waals surface area contributed by atoms with Gasteiger partial charge in [-0.1, -0.05) is 24.6 Å². The van der Waals surface area contributed by atoms with E-state index in [4.69, 9.17) is 5.73 Å². The first-order chi connectivity index (χ1) is 8.77. The molecule has 0 saturated carbocycles. The maximum Gasteiger partial charge on any atom is 0.249 e. The van der Waals surface area contributed by atoms with Gasteiger partial charge in [0.2, 0.25) is 5.91 Å². The molecule has 1 aliphatic rings. The molecule has 1 aromatic carbocycles. The predicted octanol–water partition coefficient (Wildman–Crippen LogP) is 2.16. The van der Waals surface area contributed by atoms with Gasteiger partial charge in [0, 0.05) is 23.9 Å². The summed E-state index contributed by atoms with van der Waals surface area (Å²) in [6.07, 6.45) is 4.00. The van der Waals surface area contributed by atoms with Gasteiger partial charge < -0.3 is 11.1 Å². The van der Waals surface area contributed by atoms with Crippen LogP contribution in [-0.2, 0) is 6.54 Å². The number of hydrogen-bond acceptors (Lipinski definition) is 3. The molecule has 3 nitrogen and oxygen atoms in total. The van der Waals surface area contributed by atoms with E-state index in [1.807, 2.05) is 18.2 Å². The van der Waals surface area contributed by atoms with E-state index in [2.05, 4.69) is 17.1 Å². The molecular weight excluding hydrogens is 244 g/mol. The number of carbonyl (C=O) groups excluding carboxylic acids is 1. The highest BCUT2D eigenvalue weighted by molar-refractivity contribution is 7.99. The van der Waals surface area contributed by atoms with Gasteiger partial charge in [-0.2, -0.15) is 11.8 Å². The van der Waals surface area contributed by atoms with Crippen molar-refractivity contribution in [1.29, 1.82) is 0 Å². The van der Waals surface area contributed by atoms with Gasteiger partial charge in [0.15, 0.2) is 0 Å². The highest BCUT2D eigenvalue weighted by Crippen LogP contribution is 2.24. The van der Waals surface area contributed by atoms with Crippen molar-refractivity contribution in [1.82, 2.24) is 5.32 Å². The SMILES string of the molecule is NC(=O)c1ccccc1CNCC1CCCCS1. The lowest BCUT2D eigenvalue weighted by molar-refractivity contribution is 0.0999. The highest BCUT2D eigenvalue weighted by atomic mass is 32.2. The Morgan fingerprint density at radius 2 is 2.22 bits per heavy atom. The van der Waals surface area contributed by atoms with Crippen molar-refractivity contribution in [3.8, 4) is 0 Å². The molecule has 4 heteroatoms. The Balaban J connectivity index is 1.84. The summed E-state index contributed by atoms with van der Waals surface area (Å²) >= 11 is 2.05. The fourth-order valence-electron chi connectivity index (χ4n) is 2.25. The van der Waals surface area contributed by atoms with E-state index in [0.717, 1.165) is 23.9 Å². The summed E-state index contributed by atoms with van der Waals surface area (Å²) in [5.41, 5.74) is 6.98. The zero-order valence-corrected chi connectivity index (χ0v) is 11.3. The van der Waals surface area contributed by atoms with Crippen LogP contribution in [0.25, 0.3) is 0 Å². The van der Waals surface area contributed by atoms with Crippen molar-refractivity contribution < 1.29 is 4.79 Å². The minimum atomic E-state index is -0.348. The third-order valence-corrected chi connectivity index (χ3v) is 4.64. The van der Waals surface area contributed by atoms with Crippen LogP contribution in [0.5, 0.6) is 0 Å². The number of hydrogen-bond donors (Lipinski definition) is 2. The Hall–Kier alpha value is -1.00. The van der Waals surface area contributed by atoms with E-state index < -0.39 is 0 Å². The van der Waals surface area contributed by atoms with Crippen LogP contribution in [0.15, 0.2) is 24.3 Å². The average molecular weight is 264 g/mol. The Bertz CT molecular complexity index is 403. The van der Waals surface area contributed by atoms with Crippen LogP contribution in [0.3, 0.4) is 0 Å². The van der Waals surface area contributed by atoms with E-state index in [1.165, 1.54) is 25.0 Å². The second-order valence-corrected chi connectivity index (χ2v) is 6.05. The summed E-state index contributed by atoms with van der Waals surface area (Å²) in [6, 6.07) is 7.54. The molecule has 0 radical (unpaired) electrons. The topological polar surface area (TPSA) is 55.1 Å². The first-order valence-electron chi connectivity index (χ1n) is 6.47. The van der Waals surface area contributed by atoms with Crippen molar-refractivity contribution in [3.05, 3.63) is 35.4 Å². The number of nitrogens with one attached hydrogen (secondary N) is 1. The minimum absolute atomic E-state index is 0.348. The average Bonchev–Trinajstić information content (AvgIpc) is 2.40. The highest BCUT2D eigenvalue weighted by Gasteiger charge is 2.13. The summed E-state index contributed by atoms with van der Waals surface area (Å²) in [6.45, 7) is 1.73. The number of carbonyl (C=O) groups is 1. The van der Waals surface area contributed by atoms with Crippen LogP contribution in [0, 0.1) is 0 Å². The van der Waals surface area contributed by atoms with E-state index in [-0.39, 0.29) is 5.91 Å². The molecule has 3 N–H and O–H groups in total. The number of thioether (sulfide) groups is 1. The van der Waals surface area contributed by atoms with Crippen LogP contribution in [0.1, 0.15) is 35.2 Å². The molecule has 98 valence electrons. The second kappa shape index (κ2) is 6.81. The zero-order valence-electron chi connectivity index (χ0n) is 10.5. The molecule has 1 amide bonds. The van der Waals surface area contributed by atoms with Gasteiger partial charge >= 0.3 is 0 Å². The molecular formula is C14H20N2OS. The lowest BCUT2D eigenvalue weighted by Crippen LogP contribution is -2.27. The van der Waals surface area contributed by atoms with Gasteiger partial charge in [0.05, 0.1) is 0 Å². The summed E-state index contributed by atoms with van der Waals surface area (Å²) in [4.78, 5) is 11.3. The monoisotopic (exact) mass is 264 g/mol. The Kier molecular flexibility index (Phi) is 5.08. The first-order valence-corrected chi connectivity index (χ1v) is 7.52. The van der Waals surface area contributed by atoms with Gasteiger partial charge in [0.1, 0.15) is 0 Å². The fraction of sp³-hybridized carbons (Fsp3) is 0.500. The Morgan fingerprint density at radius 3 is 2.94 bits per heavy atom. The van der Waals surface area contributed by atoms with Crippen molar-refractivity contribution in [2.24, 2.45) is 5.73 Å². The Morgan fingerprint density at radius 1 is 1.39 bits per heavy atom. The number of rotatable bonds is 5. The standard InChI is InChI=1S/C14H20N2OS/c15-14(17)13-7-2-1-5-11(13)9-16-10-12-6-3-4-8-18-12/h1-2,5,7,12,16H,3-4,6,8-10H2,(H2,15,17). The number of benzene rings is 1. The van der Waals surface area contributed by atoms with Gasteiger partial charge in [0.25, 0.3) is 0 Å². The maximum atomic E-state index is 11.3. The number of primary amides is 1. The summed E-state index contributed by atoms with van der Waals surface area (Å²) in [5, 5.41) is 4.16. The fourth-order valence-corrected chi connectivity index (χ4v) is 3.52. The molecule has 18 heavy (non-hydrogen) atoms. The largest absolute Gasteiger partial charge is 0.366 e. The van der Waals surface area contributed by atoms with Crippen LogP contribution in [0.2, 0.25) is 0 Å². The van der Waals surface area contributed by atoms with Crippen molar-refractivity contribution in [2.45, 2.75) is 31.1 Å². The maximum absolute atomic E-state index is 11.3. The molecule has 1 atom stereocenters.